The second kappa shape index (κ2) is 8.64. The van der Waals surface area contributed by atoms with Crippen LogP contribution >= 0.6 is 0 Å². The average Bonchev–Trinajstić information content (AvgIpc) is 3.16. The van der Waals surface area contributed by atoms with Crippen molar-refractivity contribution >= 4 is 23.2 Å². The Hall–Kier alpha value is -4.24. The molecule has 1 heterocycles. The van der Waals surface area contributed by atoms with Crippen molar-refractivity contribution < 1.29 is 14.3 Å². The van der Waals surface area contributed by atoms with Gasteiger partial charge in [-0.05, 0) is 48.9 Å². The summed E-state index contributed by atoms with van der Waals surface area (Å²) in [7, 11) is 0. The number of anilines is 1. The largest absolute Gasteiger partial charge is 0.484 e. The fourth-order valence-electron chi connectivity index (χ4n) is 3.42. The number of carbonyl (C=O) groups excluding carboxylic acids is 2. The molecule has 0 aliphatic carbocycles. The van der Waals surface area contributed by atoms with Crippen LogP contribution < -0.4 is 9.64 Å². The Morgan fingerprint density at radius 1 is 1.06 bits per heavy atom. The molecule has 0 atom stereocenters. The summed E-state index contributed by atoms with van der Waals surface area (Å²) in [4.78, 5) is 30.7. The van der Waals surface area contributed by atoms with Crippen LogP contribution in [0.2, 0.25) is 0 Å². The van der Waals surface area contributed by atoms with Gasteiger partial charge in [-0.1, -0.05) is 36.4 Å². The smallest absolute Gasteiger partial charge is 0.285 e. The number of hydrogen-bond acceptors (Lipinski definition) is 4. The summed E-state index contributed by atoms with van der Waals surface area (Å²) in [5.74, 6) is 0.572. The second-order valence-corrected chi connectivity index (χ2v) is 7.10. The molecule has 6 heteroatoms. The summed E-state index contributed by atoms with van der Waals surface area (Å²) >= 11 is 0. The SMILES string of the molecule is CC(=O)c1cccc(N2Cc3ccccc3C2=NC(=O)COc2ccc(C#N)cc2)c1. The molecule has 0 fully saturated rings. The number of nitrogens with zero attached hydrogens (tertiary/aromatic N) is 3. The first-order valence-corrected chi connectivity index (χ1v) is 9.76. The zero-order valence-corrected chi connectivity index (χ0v) is 16.9. The minimum Gasteiger partial charge on any atom is -0.484 e. The maximum absolute atomic E-state index is 12.6. The Morgan fingerprint density at radius 2 is 1.84 bits per heavy atom. The minimum atomic E-state index is -0.427. The van der Waals surface area contributed by atoms with Crippen LogP contribution in [0, 0.1) is 11.3 Å². The number of fused-ring (bicyclic) bond motifs is 1. The van der Waals surface area contributed by atoms with Crippen LogP contribution in [-0.4, -0.2) is 24.1 Å². The first-order valence-electron chi connectivity index (χ1n) is 9.76. The number of benzene rings is 3. The Kier molecular flexibility index (Phi) is 5.59. The van der Waals surface area contributed by atoms with Gasteiger partial charge in [-0.15, -0.1) is 0 Å². The summed E-state index contributed by atoms with van der Waals surface area (Å²) in [5, 5.41) is 8.87. The van der Waals surface area contributed by atoms with E-state index in [-0.39, 0.29) is 12.4 Å². The van der Waals surface area contributed by atoms with Gasteiger partial charge in [-0.25, -0.2) is 0 Å². The first-order chi connectivity index (χ1) is 15.0. The zero-order valence-electron chi connectivity index (χ0n) is 16.9. The summed E-state index contributed by atoms with van der Waals surface area (Å²) in [6.07, 6.45) is 0. The summed E-state index contributed by atoms with van der Waals surface area (Å²) in [5.41, 5.74) is 3.84. The molecule has 0 bridgehead atoms. The van der Waals surface area contributed by atoms with Crippen molar-refractivity contribution in [2.24, 2.45) is 4.99 Å². The van der Waals surface area contributed by atoms with Gasteiger partial charge in [0.1, 0.15) is 11.6 Å². The highest BCUT2D eigenvalue weighted by Crippen LogP contribution is 2.29. The number of carbonyl (C=O) groups is 2. The highest BCUT2D eigenvalue weighted by Gasteiger charge is 2.27. The number of amidine groups is 1. The van der Waals surface area contributed by atoms with Crippen LogP contribution in [0.1, 0.15) is 34.0 Å². The molecule has 6 nitrogen and oxygen atoms in total. The highest BCUT2D eigenvalue weighted by atomic mass is 16.5. The van der Waals surface area contributed by atoms with Gasteiger partial charge in [0, 0.05) is 16.8 Å². The van der Waals surface area contributed by atoms with Gasteiger partial charge in [-0.2, -0.15) is 10.3 Å². The van der Waals surface area contributed by atoms with E-state index in [2.05, 4.69) is 4.99 Å². The monoisotopic (exact) mass is 409 g/mol. The lowest BCUT2D eigenvalue weighted by atomic mass is 10.1. The molecule has 0 saturated heterocycles. The van der Waals surface area contributed by atoms with Gasteiger partial charge >= 0.3 is 0 Å². The zero-order chi connectivity index (χ0) is 21.8. The van der Waals surface area contributed by atoms with E-state index in [1.54, 1.807) is 30.3 Å². The Morgan fingerprint density at radius 3 is 2.58 bits per heavy atom. The van der Waals surface area contributed by atoms with Gasteiger partial charge in [0.05, 0.1) is 18.2 Å². The van der Waals surface area contributed by atoms with E-state index in [1.807, 2.05) is 53.4 Å². The van der Waals surface area contributed by atoms with E-state index in [1.165, 1.54) is 6.92 Å². The van der Waals surface area contributed by atoms with Crippen LogP contribution in [0.4, 0.5) is 5.69 Å². The molecule has 31 heavy (non-hydrogen) atoms. The lowest BCUT2D eigenvalue weighted by Gasteiger charge is -2.19. The van der Waals surface area contributed by atoms with E-state index >= 15 is 0 Å². The number of Topliss-reactive ketones (excluding diaryl/α,β-unsaturated/α-hetero) is 1. The van der Waals surface area contributed by atoms with Crippen molar-refractivity contribution in [2.45, 2.75) is 13.5 Å². The standard InChI is InChI=1S/C25H19N3O3/c1-17(29)19-6-4-7-21(13-19)28-15-20-5-2-3-8-23(20)25(28)27-24(30)16-31-22-11-9-18(14-26)10-12-22/h2-13H,15-16H2,1H3. The lowest BCUT2D eigenvalue weighted by molar-refractivity contribution is -0.119. The predicted octanol–water partition coefficient (Wildman–Crippen LogP) is 4.13. The van der Waals surface area contributed by atoms with Gasteiger partial charge < -0.3 is 9.64 Å². The molecule has 0 aromatic heterocycles. The highest BCUT2D eigenvalue weighted by molar-refractivity contribution is 6.17. The number of ketones is 1. The van der Waals surface area contributed by atoms with E-state index in [0.29, 0.717) is 29.3 Å². The molecule has 1 aliphatic heterocycles. The van der Waals surface area contributed by atoms with Gasteiger partial charge in [-0.3, -0.25) is 9.59 Å². The number of amides is 1. The molecule has 1 aliphatic rings. The number of aliphatic imine (C=N–C) groups is 1. The summed E-state index contributed by atoms with van der Waals surface area (Å²) < 4.78 is 5.53. The molecule has 152 valence electrons. The maximum atomic E-state index is 12.6. The van der Waals surface area contributed by atoms with Crippen molar-refractivity contribution in [2.75, 3.05) is 11.5 Å². The van der Waals surface area contributed by atoms with Crippen LogP contribution in [0.25, 0.3) is 0 Å². The van der Waals surface area contributed by atoms with Crippen LogP contribution in [0.15, 0.2) is 77.8 Å². The summed E-state index contributed by atoms with van der Waals surface area (Å²) in [6.45, 7) is 1.86. The van der Waals surface area contributed by atoms with E-state index in [9.17, 15) is 9.59 Å². The molecule has 3 aromatic rings. The molecule has 0 saturated carbocycles. The first kappa shape index (κ1) is 20.0. The second-order valence-electron chi connectivity index (χ2n) is 7.10. The van der Waals surface area contributed by atoms with Crippen molar-refractivity contribution in [1.82, 2.24) is 0 Å². The summed E-state index contributed by atoms with van der Waals surface area (Å²) in [6, 6.07) is 23.6. The van der Waals surface area contributed by atoms with Crippen molar-refractivity contribution in [3.8, 4) is 11.8 Å². The maximum Gasteiger partial charge on any atom is 0.285 e. The normalized spacial score (nSPS) is 13.5. The van der Waals surface area contributed by atoms with Crippen LogP contribution in [0.5, 0.6) is 5.75 Å². The third kappa shape index (κ3) is 4.36. The topological polar surface area (TPSA) is 82.8 Å². The fraction of sp³-hybridized carbons (Fsp3) is 0.120. The molecule has 1 amide bonds. The molecule has 0 N–H and O–H groups in total. The van der Waals surface area contributed by atoms with Gasteiger partial charge in [0.2, 0.25) is 0 Å². The quantitative estimate of drug-likeness (QED) is 0.592. The minimum absolute atomic E-state index is 0.0241. The Labute approximate surface area is 180 Å². The molecule has 3 aromatic carbocycles. The molecule has 0 radical (unpaired) electrons. The van der Waals surface area contributed by atoms with Gasteiger partial charge in [0.25, 0.3) is 5.91 Å². The number of hydrogen-bond donors (Lipinski definition) is 0. The average molecular weight is 409 g/mol. The molecular formula is C25H19N3O3. The number of nitriles is 1. The van der Waals surface area contributed by atoms with E-state index in [0.717, 1.165) is 16.8 Å². The fourth-order valence-corrected chi connectivity index (χ4v) is 3.42. The Bertz CT molecular complexity index is 1220. The van der Waals surface area contributed by atoms with E-state index in [4.69, 9.17) is 10.00 Å². The van der Waals surface area contributed by atoms with Crippen LogP contribution in [-0.2, 0) is 11.3 Å². The lowest BCUT2D eigenvalue weighted by Crippen LogP contribution is -2.26. The van der Waals surface area contributed by atoms with E-state index < -0.39 is 5.91 Å². The number of rotatable bonds is 5. The third-order valence-corrected chi connectivity index (χ3v) is 4.98. The van der Waals surface area contributed by atoms with Crippen molar-refractivity contribution in [3.05, 3.63) is 95.1 Å². The predicted molar refractivity (Wildman–Crippen MR) is 117 cm³/mol. The molecule has 0 unspecified atom stereocenters. The van der Waals surface area contributed by atoms with Crippen molar-refractivity contribution in [3.63, 3.8) is 0 Å². The van der Waals surface area contributed by atoms with Crippen LogP contribution in [0.3, 0.4) is 0 Å². The molecule has 4 rings (SSSR count). The molecule has 0 spiro atoms. The molecular weight excluding hydrogens is 390 g/mol. The van der Waals surface area contributed by atoms with Crippen molar-refractivity contribution in [1.29, 1.82) is 5.26 Å². The van der Waals surface area contributed by atoms with Gasteiger partial charge in [0.15, 0.2) is 12.4 Å². The Balaban J connectivity index is 1.60. The number of ether oxygens (including phenoxy) is 1. The third-order valence-electron chi connectivity index (χ3n) is 4.98.